The predicted octanol–water partition coefficient (Wildman–Crippen LogP) is 2.29. The number of primary amides is 1. The highest BCUT2D eigenvalue weighted by atomic mass is 32.2. The summed E-state index contributed by atoms with van der Waals surface area (Å²) in [5, 5.41) is 4.29. The van der Waals surface area contributed by atoms with Gasteiger partial charge in [-0.25, -0.2) is 0 Å². The van der Waals surface area contributed by atoms with Gasteiger partial charge in [-0.05, 0) is 26.6 Å². The molecule has 7 heteroatoms. The largest absolute Gasteiger partial charge is 0.396 e. The number of nitrogen functional groups attached to an aromatic ring is 1. The fourth-order valence-electron chi connectivity index (χ4n) is 1.81. The first-order valence-electron chi connectivity index (χ1n) is 6.62. The lowest BCUT2D eigenvalue weighted by molar-refractivity contribution is 0.100. The summed E-state index contributed by atoms with van der Waals surface area (Å²) in [6.45, 7) is 6.14. The third-order valence-corrected chi connectivity index (χ3v) is 5.56. The van der Waals surface area contributed by atoms with Gasteiger partial charge in [0.15, 0.2) is 0 Å². The van der Waals surface area contributed by atoms with Crippen molar-refractivity contribution < 1.29 is 4.79 Å². The van der Waals surface area contributed by atoms with Crippen LogP contribution in [0.2, 0.25) is 0 Å². The Balaban J connectivity index is 2.69. The highest BCUT2D eigenvalue weighted by molar-refractivity contribution is 7.99. The molecular formula is C13H24N4OS2. The second-order valence-electron chi connectivity index (χ2n) is 4.74. The summed E-state index contributed by atoms with van der Waals surface area (Å²) in [6.07, 6.45) is 3.07. The number of hydrogen-bond donors (Lipinski definition) is 3. The number of carbonyl (C=O) groups excluding carboxylic acids is 1. The summed E-state index contributed by atoms with van der Waals surface area (Å²) in [5.74, 6) is -0.465. The topological polar surface area (TPSA) is 84.4 Å². The van der Waals surface area contributed by atoms with Gasteiger partial charge in [-0.1, -0.05) is 6.92 Å². The molecule has 5 nitrogen and oxygen atoms in total. The van der Waals surface area contributed by atoms with E-state index in [9.17, 15) is 4.79 Å². The molecule has 114 valence electrons. The first-order valence-corrected chi connectivity index (χ1v) is 8.66. The van der Waals surface area contributed by atoms with Crippen molar-refractivity contribution in [1.29, 1.82) is 0 Å². The monoisotopic (exact) mass is 316 g/mol. The lowest BCUT2D eigenvalue weighted by atomic mass is 10.2. The van der Waals surface area contributed by atoms with Crippen LogP contribution in [0.25, 0.3) is 0 Å². The average Bonchev–Trinajstić information content (AvgIpc) is 2.74. The Morgan fingerprint density at radius 1 is 1.55 bits per heavy atom. The predicted molar refractivity (Wildman–Crippen MR) is 89.9 cm³/mol. The van der Waals surface area contributed by atoms with Crippen LogP contribution < -0.4 is 16.8 Å². The molecule has 1 rings (SSSR count). The van der Waals surface area contributed by atoms with Gasteiger partial charge in [-0.15, -0.1) is 23.1 Å². The van der Waals surface area contributed by atoms with Gasteiger partial charge < -0.3 is 21.7 Å². The molecule has 0 spiro atoms. The maximum atomic E-state index is 11.3. The smallest absolute Gasteiger partial charge is 0.261 e. The Morgan fingerprint density at radius 2 is 2.20 bits per heavy atom. The molecule has 1 unspecified atom stereocenters. The van der Waals surface area contributed by atoms with E-state index in [0.29, 0.717) is 16.6 Å². The van der Waals surface area contributed by atoms with E-state index in [1.54, 1.807) is 0 Å². The maximum absolute atomic E-state index is 11.3. The van der Waals surface area contributed by atoms with E-state index in [1.165, 1.54) is 23.1 Å². The number of nitrogens with two attached hydrogens (primary N) is 2. The molecule has 20 heavy (non-hydrogen) atoms. The van der Waals surface area contributed by atoms with Crippen molar-refractivity contribution in [1.82, 2.24) is 4.90 Å². The standard InChI is InChI=1S/C13H24N4OS2/c1-5-8(2)17(3)7-6-16-13-11(19-4)9(14)10(20-13)12(15)18/h8,16H,5-7,14H2,1-4H3,(H2,15,18). The Morgan fingerprint density at radius 3 is 2.70 bits per heavy atom. The third kappa shape index (κ3) is 4.04. The second kappa shape index (κ2) is 7.75. The second-order valence-corrected chi connectivity index (χ2v) is 6.57. The molecular weight excluding hydrogens is 292 g/mol. The molecule has 1 aromatic rings. The van der Waals surface area contributed by atoms with E-state index in [-0.39, 0.29) is 0 Å². The average molecular weight is 316 g/mol. The van der Waals surface area contributed by atoms with Crippen LogP contribution in [0.3, 0.4) is 0 Å². The fourth-order valence-corrected chi connectivity index (χ4v) is 3.72. The molecule has 0 fully saturated rings. The summed E-state index contributed by atoms with van der Waals surface area (Å²) in [6, 6.07) is 0.561. The minimum absolute atomic E-state index is 0.437. The van der Waals surface area contributed by atoms with Crippen molar-refractivity contribution in [2.24, 2.45) is 5.73 Å². The van der Waals surface area contributed by atoms with Gasteiger partial charge in [0.05, 0.1) is 10.6 Å². The molecule has 0 saturated carbocycles. The summed E-state index contributed by atoms with van der Waals surface area (Å²) in [5.41, 5.74) is 11.8. The highest BCUT2D eigenvalue weighted by Gasteiger charge is 2.18. The molecule has 0 aliphatic rings. The zero-order valence-corrected chi connectivity index (χ0v) is 14.2. The fraction of sp³-hybridized carbons (Fsp3) is 0.615. The van der Waals surface area contributed by atoms with Crippen LogP contribution in [0.15, 0.2) is 4.90 Å². The number of carbonyl (C=O) groups is 1. The van der Waals surface area contributed by atoms with Crippen molar-refractivity contribution in [2.75, 3.05) is 37.4 Å². The molecule has 0 aromatic carbocycles. The number of nitrogens with one attached hydrogen (secondary N) is 1. The van der Waals surface area contributed by atoms with Gasteiger partial charge in [-0.2, -0.15) is 0 Å². The molecule has 1 aromatic heterocycles. The number of anilines is 2. The van der Waals surface area contributed by atoms with Crippen LogP contribution in [-0.2, 0) is 0 Å². The molecule has 5 N–H and O–H groups in total. The Labute approximate surface area is 129 Å². The number of thioether (sulfide) groups is 1. The molecule has 0 aliphatic heterocycles. The number of nitrogens with zero attached hydrogens (tertiary/aromatic N) is 1. The maximum Gasteiger partial charge on any atom is 0.261 e. The van der Waals surface area contributed by atoms with Crippen molar-refractivity contribution >= 4 is 39.7 Å². The Kier molecular flexibility index (Phi) is 6.64. The third-order valence-electron chi connectivity index (χ3n) is 3.42. The van der Waals surface area contributed by atoms with Gasteiger partial charge in [0, 0.05) is 19.1 Å². The normalized spacial score (nSPS) is 12.7. The van der Waals surface area contributed by atoms with E-state index in [2.05, 4.69) is 31.1 Å². The zero-order valence-electron chi connectivity index (χ0n) is 12.5. The summed E-state index contributed by atoms with van der Waals surface area (Å²) < 4.78 is 0. The van der Waals surface area contributed by atoms with Gasteiger partial charge in [0.25, 0.3) is 5.91 Å². The van der Waals surface area contributed by atoms with Crippen LogP contribution >= 0.6 is 23.1 Å². The SMILES string of the molecule is CCC(C)N(C)CCNc1sc(C(N)=O)c(N)c1SC. The molecule has 0 radical (unpaired) electrons. The molecule has 0 aliphatic carbocycles. The number of likely N-dealkylation sites (N-methyl/N-ethyl adjacent to an activating group) is 1. The molecule has 0 saturated heterocycles. The Bertz CT molecular complexity index is 461. The number of amides is 1. The van der Waals surface area contributed by atoms with Gasteiger partial charge >= 0.3 is 0 Å². The zero-order chi connectivity index (χ0) is 15.3. The van der Waals surface area contributed by atoms with Crippen LogP contribution in [0.1, 0.15) is 29.9 Å². The van der Waals surface area contributed by atoms with E-state index in [1.807, 2.05) is 6.26 Å². The first-order chi connectivity index (χ1) is 9.42. The minimum atomic E-state index is -0.465. The van der Waals surface area contributed by atoms with Crippen LogP contribution in [0.4, 0.5) is 10.7 Å². The number of hydrogen-bond acceptors (Lipinski definition) is 6. The summed E-state index contributed by atoms with van der Waals surface area (Å²) >= 11 is 2.87. The molecule has 1 amide bonds. The lowest BCUT2D eigenvalue weighted by Gasteiger charge is -2.23. The van der Waals surface area contributed by atoms with Crippen molar-refractivity contribution in [3.8, 4) is 0 Å². The number of rotatable bonds is 8. The van der Waals surface area contributed by atoms with Gasteiger partial charge in [-0.3, -0.25) is 4.79 Å². The van der Waals surface area contributed by atoms with Crippen LogP contribution in [0.5, 0.6) is 0 Å². The minimum Gasteiger partial charge on any atom is -0.396 e. The lowest BCUT2D eigenvalue weighted by Crippen LogP contribution is -2.32. The summed E-state index contributed by atoms with van der Waals surface area (Å²) in [7, 11) is 2.11. The Hall–Kier alpha value is -0.920. The molecule has 1 atom stereocenters. The van der Waals surface area contributed by atoms with Crippen molar-refractivity contribution in [2.45, 2.75) is 31.2 Å². The van der Waals surface area contributed by atoms with E-state index < -0.39 is 5.91 Å². The van der Waals surface area contributed by atoms with E-state index in [4.69, 9.17) is 11.5 Å². The molecule has 0 bridgehead atoms. The highest BCUT2D eigenvalue weighted by Crippen LogP contribution is 2.41. The first kappa shape index (κ1) is 17.1. The van der Waals surface area contributed by atoms with Crippen molar-refractivity contribution in [3.05, 3.63) is 4.88 Å². The van der Waals surface area contributed by atoms with Crippen molar-refractivity contribution in [3.63, 3.8) is 0 Å². The summed E-state index contributed by atoms with van der Waals surface area (Å²) in [4.78, 5) is 15.0. The van der Waals surface area contributed by atoms with E-state index >= 15 is 0 Å². The van der Waals surface area contributed by atoms with E-state index in [0.717, 1.165) is 29.4 Å². The van der Waals surface area contributed by atoms with Gasteiger partial charge in [0.1, 0.15) is 9.88 Å². The quantitative estimate of drug-likeness (QED) is 0.641. The van der Waals surface area contributed by atoms with Gasteiger partial charge in [0.2, 0.25) is 0 Å². The van der Waals surface area contributed by atoms with Crippen LogP contribution in [-0.4, -0.2) is 43.2 Å². The molecule has 1 heterocycles. The number of thiophene rings is 1. The van der Waals surface area contributed by atoms with Crippen LogP contribution in [0, 0.1) is 0 Å².